The van der Waals surface area contributed by atoms with E-state index in [1.165, 1.54) is 18.4 Å². The molecular weight excluding hydrogens is 346 g/mol. The minimum atomic E-state index is -0.519. The number of carbonyl (C=O) groups is 2. The molecule has 0 saturated heterocycles. The van der Waals surface area contributed by atoms with Crippen molar-refractivity contribution < 1.29 is 19.1 Å². The van der Waals surface area contributed by atoms with Crippen LogP contribution in [0.1, 0.15) is 33.4 Å². The average Bonchev–Trinajstić information content (AvgIpc) is 3.21. The minimum absolute atomic E-state index is 0.120. The molecule has 0 bridgehead atoms. The van der Waals surface area contributed by atoms with Crippen molar-refractivity contribution in [3.63, 3.8) is 0 Å². The molecule has 3 N–H and O–H groups in total. The number of nitrogens with one attached hydrogen (secondary N) is 2. The third-order valence-electron chi connectivity index (χ3n) is 3.76. The highest BCUT2D eigenvalue weighted by molar-refractivity contribution is 6.05. The van der Waals surface area contributed by atoms with Crippen molar-refractivity contribution in [2.45, 2.75) is 6.92 Å². The SMILES string of the molecule is C/C(=N\NC(=O)c1ccccc1O)c1cccc(NC(=O)c2ccco2)c1. The van der Waals surface area contributed by atoms with Gasteiger partial charge in [-0.2, -0.15) is 5.10 Å². The Morgan fingerprint density at radius 2 is 1.81 bits per heavy atom. The smallest absolute Gasteiger partial charge is 0.291 e. The van der Waals surface area contributed by atoms with Gasteiger partial charge in [-0.05, 0) is 48.9 Å². The van der Waals surface area contributed by atoms with E-state index in [1.807, 2.05) is 0 Å². The van der Waals surface area contributed by atoms with Gasteiger partial charge < -0.3 is 14.8 Å². The molecule has 27 heavy (non-hydrogen) atoms. The Morgan fingerprint density at radius 1 is 1.00 bits per heavy atom. The maximum absolute atomic E-state index is 12.1. The quantitative estimate of drug-likeness (QED) is 0.477. The number of furan rings is 1. The molecule has 1 aromatic heterocycles. The fourth-order valence-electron chi connectivity index (χ4n) is 2.35. The van der Waals surface area contributed by atoms with Gasteiger partial charge in [0.1, 0.15) is 5.75 Å². The Morgan fingerprint density at radius 3 is 2.56 bits per heavy atom. The lowest BCUT2D eigenvalue weighted by atomic mass is 10.1. The van der Waals surface area contributed by atoms with Crippen LogP contribution in [0.15, 0.2) is 76.4 Å². The van der Waals surface area contributed by atoms with Crippen LogP contribution < -0.4 is 10.7 Å². The second-order valence-electron chi connectivity index (χ2n) is 5.67. The molecule has 7 nitrogen and oxygen atoms in total. The van der Waals surface area contributed by atoms with E-state index in [4.69, 9.17) is 4.42 Å². The number of amides is 2. The Balaban J connectivity index is 1.70. The van der Waals surface area contributed by atoms with Crippen molar-refractivity contribution in [2.24, 2.45) is 5.10 Å². The van der Waals surface area contributed by atoms with Gasteiger partial charge >= 0.3 is 0 Å². The molecule has 0 fully saturated rings. The van der Waals surface area contributed by atoms with Gasteiger partial charge in [-0.1, -0.05) is 24.3 Å². The normalized spacial score (nSPS) is 11.1. The second kappa shape index (κ2) is 8.01. The summed E-state index contributed by atoms with van der Waals surface area (Å²) in [5.74, 6) is -0.791. The maximum atomic E-state index is 12.1. The van der Waals surface area contributed by atoms with Crippen molar-refractivity contribution in [1.29, 1.82) is 0 Å². The lowest BCUT2D eigenvalue weighted by Crippen LogP contribution is -2.19. The van der Waals surface area contributed by atoms with Gasteiger partial charge in [0, 0.05) is 5.69 Å². The van der Waals surface area contributed by atoms with Gasteiger partial charge in [-0.3, -0.25) is 9.59 Å². The van der Waals surface area contributed by atoms with Crippen LogP contribution in [0.3, 0.4) is 0 Å². The standard InChI is InChI=1S/C20H17N3O4/c1-13(22-23-19(25)16-8-2-3-9-17(16)24)14-6-4-7-15(12-14)21-20(26)18-10-5-11-27-18/h2-12,24H,1H3,(H,21,26)(H,23,25)/b22-13+. The van der Waals surface area contributed by atoms with Crippen molar-refractivity contribution in [3.05, 3.63) is 83.8 Å². The van der Waals surface area contributed by atoms with E-state index in [2.05, 4.69) is 15.8 Å². The lowest BCUT2D eigenvalue weighted by molar-refractivity contribution is 0.0951. The number of carbonyl (C=O) groups excluding carboxylic acids is 2. The first kappa shape index (κ1) is 17.9. The predicted molar refractivity (Wildman–Crippen MR) is 101 cm³/mol. The molecule has 3 aromatic rings. The summed E-state index contributed by atoms with van der Waals surface area (Å²) in [6.45, 7) is 1.72. The number of aromatic hydroxyl groups is 1. The number of nitrogens with zero attached hydrogens (tertiary/aromatic N) is 1. The highest BCUT2D eigenvalue weighted by Gasteiger charge is 2.11. The lowest BCUT2D eigenvalue weighted by Gasteiger charge is -2.07. The number of hydrazone groups is 1. The molecule has 0 aliphatic heterocycles. The number of rotatable bonds is 5. The Kier molecular flexibility index (Phi) is 5.32. The minimum Gasteiger partial charge on any atom is -0.507 e. The zero-order chi connectivity index (χ0) is 19.2. The van der Waals surface area contributed by atoms with E-state index in [0.29, 0.717) is 17.0 Å². The third-order valence-corrected chi connectivity index (χ3v) is 3.76. The van der Waals surface area contributed by atoms with E-state index < -0.39 is 5.91 Å². The third kappa shape index (κ3) is 4.40. The maximum Gasteiger partial charge on any atom is 0.291 e. The fourth-order valence-corrected chi connectivity index (χ4v) is 2.35. The van der Waals surface area contributed by atoms with Gasteiger partial charge in [-0.25, -0.2) is 5.43 Å². The van der Waals surface area contributed by atoms with Crippen LogP contribution in [-0.2, 0) is 0 Å². The molecule has 2 amide bonds. The summed E-state index contributed by atoms with van der Waals surface area (Å²) < 4.78 is 5.06. The number of phenols is 1. The second-order valence-corrected chi connectivity index (χ2v) is 5.67. The van der Waals surface area contributed by atoms with Crippen molar-refractivity contribution >= 4 is 23.2 Å². The number of anilines is 1. The Bertz CT molecular complexity index is 994. The van der Waals surface area contributed by atoms with E-state index in [9.17, 15) is 14.7 Å². The Hall–Kier alpha value is -3.87. The van der Waals surface area contributed by atoms with Crippen LogP contribution in [0.4, 0.5) is 5.69 Å². The molecule has 0 aliphatic carbocycles. The number of benzene rings is 2. The van der Waals surface area contributed by atoms with E-state index in [1.54, 1.807) is 55.5 Å². The number of hydrogen-bond acceptors (Lipinski definition) is 5. The van der Waals surface area contributed by atoms with Crippen LogP contribution in [0.5, 0.6) is 5.75 Å². The van der Waals surface area contributed by atoms with E-state index in [0.717, 1.165) is 0 Å². The summed E-state index contributed by atoms with van der Waals surface area (Å²) in [7, 11) is 0. The number of hydrogen-bond donors (Lipinski definition) is 3. The number of para-hydroxylation sites is 1. The molecule has 0 aliphatic rings. The first-order chi connectivity index (χ1) is 13.0. The van der Waals surface area contributed by atoms with Crippen molar-refractivity contribution in [2.75, 3.05) is 5.32 Å². The average molecular weight is 363 g/mol. The largest absolute Gasteiger partial charge is 0.507 e. The molecule has 136 valence electrons. The molecule has 0 atom stereocenters. The van der Waals surface area contributed by atoms with Crippen LogP contribution in [0.25, 0.3) is 0 Å². The van der Waals surface area contributed by atoms with E-state index >= 15 is 0 Å². The molecular formula is C20H17N3O4. The van der Waals surface area contributed by atoms with Crippen LogP contribution in [0.2, 0.25) is 0 Å². The first-order valence-corrected chi connectivity index (χ1v) is 8.12. The van der Waals surface area contributed by atoms with Crippen LogP contribution in [-0.4, -0.2) is 22.6 Å². The molecule has 1 heterocycles. The van der Waals surface area contributed by atoms with Gasteiger partial charge in [0.15, 0.2) is 5.76 Å². The Labute approximate surface area is 155 Å². The molecule has 0 saturated carbocycles. The van der Waals surface area contributed by atoms with Gasteiger partial charge in [0.2, 0.25) is 0 Å². The van der Waals surface area contributed by atoms with Gasteiger partial charge in [0.05, 0.1) is 17.5 Å². The summed E-state index contributed by atoms with van der Waals surface area (Å²) in [5, 5.41) is 16.5. The number of phenolic OH excluding ortho intramolecular Hbond substituents is 1. The molecule has 0 radical (unpaired) electrons. The van der Waals surface area contributed by atoms with Gasteiger partial charge in [0.25, 0.3) is 11.8 Å². The molecule has 0 spiro atoms. The van der Waals surface area contributed by atoms with Crippen molar-refractivity contribution in [1.82, 2.24) is 5.43 Å². The predicted octanol–water partition coefficient (Wildman–Crippen LogP) is 3.39. The molecule has 0 unspecified atom stereocenters. The zero-order valence-corrected chi connectivity index (χ0v) is 14.5. The molecule has 3 rings (SSSR count). The highest BCUT2D eigenvalue weighted by atomic mass is 16.3. The topological polar surface area (TPSA) is 104 Å². The molecule has 7 heteroatoms. The monoisotopic (exact) mass is 363 g/mol. The molecule has 2 aromatic carbocycles. The summed E-state index contributed by atoms with van der Waals surface area (Å²) in [5.41, 5.74) is 4.35. The summed E-state index contributed by atoms with van der Waals surface area (Å²) in [6, 6.07) is 16.4. The van der Waals surface area contributed by atoms with Gasteiger partial charge in [-0.15, -0.1) is 0 Å². The first-order valence-electron chi connectivity index (χ1n) is 8.12. The summed E-state index contributed by atoms with van der Waals surface area (Å²) >= 11 is 0. The van der Waals surface area contributed by atoms with Crippen LogP contribution >= 0.6 is 0 Å². The summed E-state index contributed by atoms with van der Waals surface area (Å²) in [6.07, 6.45) is 1.43. The van der Waals surface area contributed by atoms with Crippen LogP contribution in [0, 0.1) is 0 Å². The highest BCUT2D eigenvalue weighted by Crippen LogP contribution is 2.16. The summed E-state index contributed by atoms with van der Waals surface area (Å²) in [4.78, 5) is 24.1. The van der Waals surface area contributed by atoms with E-state index in [-0.39, 0.29) is 23.0 Å². The zero-order valence-electron chi connectivity index (χ0n) is 14.5. The van der Waals surface area contributed by atoms with Crippen molar-refractivity contribution in [3.8, 4) is 5.75 Å². The fraction of sp³-hybridized carbons (Fsp3) is 0.0500.